The van der Waals surface area contributed by atoms with Crippen LogP contribution in [0.3, 0.4) is 0 Å². The highest BCUT2D eigenvalue weighted by atomic mass is 32.2. The lowest BCUT2D eigenvalue weighted by molar-refractivity contribution is 0.179. The first-order chi connectivity index (χ1) is 8.55. The van der Waals surface area contributed by atoms with Crippen LogP contribution in [0, 0.1) is 0 Å². The van der Waals surface area contributed by atoms with Crippen molar-refractivity contribution in [2.24, 2.45) is 0 Å². The third kappa shape index (κ3) is 2.85. The van der Waals surface area contributed by atoms with Crippen LogP contribution in [0.1, 0.15) is 13.3 Å². The molecule has 2 saturated heterocycles. The van der Waals surface area contributed by atoms with E-state index in [1.54, 1.807) is 11.4 Å². The summed E-state index contributed by atoms with van der Waals surface area (Å²) in [5.74, 6) is 0. The number of piperazine rings is 1. The number of rotatable bonds is 4. The van der Waals surface area contributed by atoms with Gasteiger partial charge in [0.2, 0.25) is 0 Å². The first kappa shape index (κ1) is 14.2. The fourth-order valence-electron chi connectivity index (χ4n) is 2.63. The van der Waals surface area contributed by atoms with E-state index in [2.05, 4.69) is 10.2 Å². The normalized spacial score (nSPS) is 28.1. The number of nitrogens with zero attached hydrogens (tertiary/aromatic N) is 3. The molecule has 0 aromatic carbocycles. The van der Waals surface area contributed by atoms with Crippen LogP contribution in [0.4, 0.5) is 0 Å². The summed E-state index contributed by atoms with van der Waals surface area (Å²) in [5, 5.41) is 3.33. The van der Waals surface area contributed by atoms with E-state index < -0.39 is 10.2 Å². The summed E-state index contributed by atoms with van der Waals surface area (Å²) in [4.78, 5) is 2.41. The van der Waals surface area contributed by atoms with Gasteiger partial charge in [-0.05, 0) is 6.42 Å². The zero-order chi connectivity index (χ0) is 13.2. The Labute approximate surface area is 110 Å². The topological polar surface area (TPSA) is 55.9 Å². The molecule has 2 aliphatic heterocycles. The standard InChI is InChI=1S/C11H24N4O2S/c1-3-13(2)18(16,17)15-7-4-11(10-15)14-8-5-12-6-9-14/h11-12H,3-10H2,1-2H3. The fraction of sp³-hybridized carbons (Fsp3) is 1.00. The fourth-order valence-corrected chi connectivity index (χ4v) is 4.04. The van der Waals surface area contributed by atoms with E-state index in [1.807, 2.05) is 6.92 Å². The van der Waals surface area contributed by atoms with Gasteiger partial charge in [0.15, 0.2) is 0 Å². The molecule has 0 aromatic rings. The molecular formula is C11H24N4O2S. The molecule has 0 bridgehead atoms. The highest BCUT2D eigenvalue weighted by molar-refractivity contribution is 7.86. The molecule has 2 fully saturated rings. The molecule has 2 rings (SSSR count). The SMILES string of the molecule is CCN(C)S(=O)(=O)N1CCC(N2CCNCC2)C1. The van der Waals surface area contributed by atoms with E-state index in [4.69, 9.17) is 0 Å². The second-order valence-corrected chi connectivity index (χ2v) is 7.04. The van der Waals surface area contributed by atoms with Crippen molar-refractivity contribution in [3.05, 3.63) is 0 Å². The molecule has 6 nitrogen and oxygen atoms in total. The molecule has 1 N–H and O–H groups in total. The lowest BCUT2D eigenvalue weighted by Gasteiger charge is -2.32. The molecule has 18 heavy (non-hydrogen) atoms. The summed E-state index contributed by atoms with van der Waals surface area (Å²) in [6.45, 7) is 7.77. The van der Waals surface area contributed by atoms with Crippen LogP contribution in [0.25, 0.3) is 0 Å². The van der Waals surface area contributed by atoms with Gasteiger partial charge >= 0.3 is 0 Å². The predicted octanol–water partition coefficient (Wildman–Crippen LogP) is -0.838. The Hall–Kier alpha value is -0.210. The third-order valence-corrected chi connectivity index (χ3v) is 5.99. The molecule has 0 radical (unpaired) electrons. The maximum Gasteiger partial charge on any atom is 0.281 e. The Morgan fingerprint density at radius 3 is 2.56 bits per heavy atom. The zero-order valence-corrected chi connectivity index (χ0v) is 12.1. The molecule has 2 aliphatic rings. The van der Waals surface area contributed by atoms with Crippen molar-refractivity contribution >= 4 is 10.2 Å². The van der Waals surface area contributed by atoms with Gasteiger partial charge in [-0.15, -0.1) is 0 Å². The van der Waals surface area contributed by atoms with E-state index in [0.717, 1.165) is 32.6 Å². The molecule has 0 aliphatic carbocycles. The van der Waals surface area contributed by atoms with Crippen molar-refractivity contribution in [3.8, 4) is 0 Å². The van der Waals surface area contributed by atoms with Gasteiger partial charge in [-0.1, -0.05) is 6.92 Å². The van der Waals surface area contributed by atoms with Gasteiger partial charge in [-0.3, -0.25) is 4.90 Å². The first-order valence-corrected chi connectivity index (χ1v) is 8.11. The van der Waals surface area contributed by atoms with Gasteiger partial charge in [0.05, 0.1) is 0 Å². The molecule has 7 heteroatoms. The minimum atomic E-state index is -3.24. The van der Waals surface area contributed by atoms with Crippen LogP contribution in [-0.2, 0) is 10.2 Å². The van der Waals surface area contributed by atoms with Gasteiger partial charge in [-0.25, -0.2) is 0 Å². The molecular weight excluding hydrogens is 252 g/mol. The lowest BCUT2D eigenvalue weighted by Crippen LogP contribution is -2.50. The van der Waals surface area contributed by atoms with Gasteiger partial charge in [0, 0.05) is 58.9 Å². The van der Waals surface area contributed by atoms with Crippen molar-refractivity contribution in [2.75, 3.05) is 52.9 Å². The van der Waals surface area contributed by atoms with E-state index in [1.165, 1.54) is 4.31 Å². The van der Waals surface area contributed by atoms with Gasteiger partial charge in [0.1, 0.15) is 0 Å². The maximum absolute atomic E-state index is 12.2. The lowest BCUT2D eigenvalue weighted by atomic mass is 10.2. The Balaban J connectivity index is 1.95. The van der Waals surface area contributed by atoms with Gasteiger partial charge < -0.3 is 5.32 Å². The third-order valence-electron chi connectivity index (χ3n) is 3.96. The van der Waals surface area contributed by atoms with Crippen molar-refractivity contribution in [1.82, 2.24) is 18.8 Å². The summed E-state index contributed by atoms with van der Waals surface area (Å²) in [5.41, 5.74) is 0. The predicted molar refractivity (Wildman–Crippen MR) is 71.6 cm³/mol. The molecule has 0 saturated carbocycles. The highest BCUT2D eigenvalue weighted by Gasteiger charge is 2.36. The highest BCUT2D eigenvalue weighted by Crippen LogP contribution is 2.20. The minimum absolute atomic E-state index is 0.395. The Morgan fingerprint density at radius 2 is 1.94 bits per heavy atom. The van der Waals surface area contributed by atoms with E-state index in [9.17, 15) is 8.42 Å². The summed E-state index contributed by atoms with van der Waals surface area (Å²) in [6.07, 6.45) is 0.955. The van der Waals surface area contributed by atoms with Crippen LogP contribution in [-0.4, -0.2) is 80.8 Å². The molecule has 0 amide bonds. The van der Waals surface area contributed by atoms with E-state index in [-0.39, 0.29) is 0 Å². The second kappa shape index (κ2) is 5.83. The molecule has 1 atom stereocenters. The zero-order valence-electron chi connectivity index (χ0n) is 11.3. The summed E-state index contributed by atoms with van der Waals surface area (Å²) in [6, 6.07) is 0.395. The van der Waals surface area contributed by atoms with Crippen LogP contribution >= 0.6 is 0 Å². The Bertz CT molecular complexity index is 367. The van der Waals surface area contributed by atoms with Crippen LogP contribution in [0.15, 0.2) is 0 Å². The van der Waals surface area contributed by atoms with Crippen molar-refractivity contribution in [2.45, 2.75) is 19.4 Å². The van der Waals surface area contributed by atoms with Crippen molar-refractivity contribution < 1.29 is 8.42 Å². The van der Waals surface area contributed by atoms with E-state index >= 15 is 0 Å². The smallest absolute Gasteiger partial charge is 0.281 e. The van der Waals surface area contributed by atoms with Gasteiger partial charge in [0.25, 0.3) is 10.2 Å². The van der Waals surface area contributed by atoms with Crippen LogP contribution in [0.5, 0.6) is 0 Å². The number of nitrogens with one attached hydrogen (secondary N) is 1. The molecule has 0 aromatic heterocycles. The largest absolute Gasteiger partial charge is 0.314 e. The van der Waals surface area contributed by atoms with Crippen molar-refractivity contribution in [3.63, 3.8) is 0 Å². The van der Waals surface area contributed by atoms with Gasteiger partial charge in [-0.2, -0.15) is 17.0 Å². The van der Waals surface area contributed by atoms with Crippen molar-refractivity contribution in [1.29, 1.82) is 0 Å². The molecule has 1 unspecified atom stereocenters. The first-order valence-electron chi connectivity index (χ1n) is 6.72. The second-order valence-electron chi connectivity index (χ2n) is 5.01. The maximum atomic E-state index is 12.2. The average molecular weight is 276 g/mol. The van der Waals surface area contributed by atoms with Crippen LogP contribution in [0.2, 0.25) is 0 Å². The minimum Gasteiger partial charge on any atom is -0.314 e. The summed E-state index contributed by atoms with van der Waals surface area (Å²) in [7, 11) is -1.59. The Morgan fingerprint density at radius 1 is 1.28 bits per heavy atom. The average Bonchev–Trinajstić information content (AvgIpc) is 2.89. The van der Waals surface area contributed by atoms with Crippen LogP contribution < -0.4 is 5.32 Å². The number of hydrogen-bond donors (Lipinski definition) is 1. The van der Waals surface area contributed by atoms with E-state index in [0.29, 0.717) is 25.7 Å². The summed E-state index contributed by atoms with van der Waals surface area (Å²) < 4.78 is 27.5. The molecule has 0 spiro atoms. The molecule has 2 heterocycles. The quantitative estimate of drug-likeness (QED) is 0.728. The summed E-state index contributed by atoms with van der Waals surface area (Å²) >= 11 is 0. The Kier molecular flexibility index (Phi) is 4.60. The monoisotopic (exact) mass is 276 g/mol. The number of hydrogen-bond acceptors (Lipinski definition) is 4. The molecule has 106 valence electrons.